The van der Waals surface area contributed by atoms with E-state index in [2.05, 4.69) is 96.0 Å². The number of aromatic nitrogens is 1. The Morgan fingerprint density at radius 2 is 1.65 bits per heavy atom. The largest absolute Gasteiger partial charge is 0.472 e. The van der Waals surface area contributed by atoms with Crippen molar-refractivity contribution in [2.24, 2.45) is 0 Å². The van der Waals surface area contributed by atoms with E-state index in [1.165, 1.54) is 22.3 Å². The summed E-state index contributed by atoms with van der Waals surface area (Å²) in [6, 6.07) is 27.7. The van der Waals surface area contributed by atoms with Gasteiger partial charge in [-0.1, -0.05) is 78.0 Å². The third-order valence-corrected chi connectivity index (χ3v) is 6.28. The minimum atomic E-state index is -0.297. The van der Waals surface area contributed by atoms with Crippen LogP contribution in [0.15, 0.2) is 95.8 Å². The molecule has 4 aromatic rings. The summed E-state index contributed by atoms with van der Waals surface area (Å²) < 4.78 is 11.6. The summed E-state index contributed by atoms with van der Waals surface area (Å²) in [5.74, 6) is 0.714. The molecule has 1 aliphatic heterocycles. The molecule has 5 heteroatoms. The number of rotatable bonds is 7. The van der Waals surface area contributed by atoms with Crippen LogP contribution in [0.5, 0.6) is 0 Å². The molecule has 5 rings (SSSR count). The van der Waals surface area contributed by atoms with Gasteiger partial charge in [0, 0.05) is 30.4 Å². The smallest absolute Gasteiger partial charge is 0.237 e. The Kier molecular flexibility index (Phi) is 6.19. The highest BCUT2D eigenvalue weighted by molar-refractivity contribution is 5.68. The van der Waals surface area contributed by atoms with E-state index in [0.717, 1.165) is 29.9 Å². The molecule has 0 N–H and O–H groups in total. The van der Waals surface area contributed by atoms with Crippen LogP contribution in [0.4, 0.5) is 5.88 Å². The third kappa shape index (κ3) is 4.47. The lowest BCUT2D eigenvalue weighted by Gasteiger charge is -2.25. The molecule has 0 saturated carbocycles. The van der Waals surface area contributed by atoms with E-state index < -0.39 is 0 Å². The maximum absolute atomic E-state index is 6.02. The number of hydrogen-bond acceptors (Lipinski definition) is 5. The molecule has 0 fully saturated rings. The lowest BCUT2D eigenvalue weighted by atomic mass is 9.96. The van der Waals surface area contributed by atoms with Crippen molar-refractivity contribution in [2.45, 2.75) is 33.2 Å². The van der Waals surface area contributed by atoms with Gasteiger partial charge >= 0.3 is 0 Å². The number of hydrogen-bond donors (Lipinski definition) is 0. The lowest BCUT2D eigenvalue weighted by Crippen LogP contribution is -2.21. The van der Waals surface area contributed by atoms with E-state index in [4.69, 9.17) is 9.26 Å². The summed E-state index contributed by atoms with van der Waals surface area (Å²) in [6.45, 7) is 5.66. The molecule has 1 aliphatic rings. The molecule has 0 saturated heterocycles. The summed E-state index contributed by atoms with van der Waals surface area (Å²) in [5, 5.41) is 4.13. The predicted molar refractivity (Wildman–Crippen MR) is 135 cm³/mol. The molecule has 1 aromatic heterocycles. The molecule has 0 spiro atoms. The van der Waals surface area contributed by atoms with Crippen molar-refractivity contribution in [1.29, 1.82) is 0 Å². The minimum Gasteiger partial charge on any atom is -0.472 e. The van der Waals surface area contributed by atoms with Crippen molar-refractivity contribution in [3.8, 4) is 11.1 Å². The molecule has 0 radical (unpaired) electrons. The Labute approximate surface area is 200 Å². The van der Waals surface area contributed by atoms with Gasteiger partial charge in [-0.2, -0.15) is 0 Å². The second-order valence-corrected chi connectivity index (χ2v) is 8.82. The molecular formula is C29H29N3O2. The maximum Gasteiger partial charge on any atom is 0.237 e. The number of benzene rings is 3. The van der Waals surface area contributed by atoms with Gasteiger partial charge in [-0.3, -0.25) is 9.80 Å². The minimum absolute atomic E-state index is 0.297. The molecule has 5 nitrogen and oxygen atoms in total. The van der Waals surface area contributed by atoms with E-state index in [0.29, 0.717) is 5.88 Å². The summed E-state index contributed by atoms with van der Waals surface area (Å²) in [5.41, 5.74) is 7.97. The number of aryl methyl sites for hydroxylation is 1. The van der Waals surface area contributed by atoms with Gasteiger partial charge in [-0.15, -0.1) is 0 Å². The van der Waals surface area contributed by atoms with Crippen LogP contribution < -0.4 is 4.90 Å². The van der Waals surface area contributed by atoms with Gasteiger partial charge in [0.15, 0.2) is 0 Å². The first-order valence-corrected chi connectivity index (χ1v) is 11.5. The second-order valence-electron chi connectivity index (χ2n) is 8.82. The SMILES string of the molecule is Cc1noc(N2C=COC2c2ccc(-c3ccccc3)c(CN(C)Cc3ccccc3)c2)c1C. The molecule has 0 bridgehead atoms. The molecule has 1 atom stereocenters. The van der Waals surface area contributed by atoms with Gasteiger partial charge in [0.05, 0.1) is 5.69 Å². The monoisotopic (exact) mass is 451 g/mol. The average Bonchev–Trinajstić information content (AvgIpc) is 3.47. The molecular weight excluding hydrogens is 422 g/mol. The Balaban J connectivity index is 1.48. The van der Waals surface area contributed by atoms with Crippen molar-refractivity contribution >= 4 is 5.88 Å². The highest BCUT2D eigenvalue weighted by Crippen LogP contribution is 2.37. The Hall–Kier alpha value is -3.83. The fourth-order valence-electron chi connectivity index (χ4n) is 4.42. The van der Waals surface area contributed by atoms with Crippen molar-refractivity contribution in [1.82, 2.24) is 10.1 Å². The van der Waals surface area contributed by atoms with Crippen LogP contribution in [0, 0.1) is 13.8 Å². The number of anilines is 1. The predicted octanol–water partition coefficient (Wildman–Crippen LogP) is 6.60. The van der Waals surface area contributed by atoms with Crippen LogP contribution in [-0.4, -0.2) is 17.1 Å². The van der Waals surface area contributed by atoms with Crippen molar-refractivity contribution < 1.29 is 9.26 Å². The number of ether oxygens (including phenoxy) is 1. The van der Waals surface area contributed by atoms with Gasteiger partial charge in [0.2, 0.25) is 12.1 Å². The molecule has 3 aromatic carbocycles. The van der Waals surface area contributed by atoms with Crippen LogP contribution in [0.2, 0.25) is 0 Å². The number of nitrogens with zero attached hydrogens (tertiary/aromatic N) is 3. The van der Waals surface area contributed by atoms with Crippen LogP contribution in [0.25, 0.3) is 11.1 Å². The fraction of sp³-hybridized carbons (Fsp3) is 0.207. The highest BCUT2D eigenvalue weighted by atomic mass is 16.5. The van der Waals surface area contributed by atoms with E-state index in [9.17, 15) is 0 Å². The zero-order valence-electron chi connectivity index (χ0n) is 19.8. The van der Waals surface area contributed by atoms with E-state index >= 15 is 0 Å². The zero-order valence-corrected chi connectivity index (χ0v) is 19.8. The first kappa shape index (κ1) is 22.0. The Morgan fingerprint density at radius 3 is 2.35 bits per heavy atom. The standard InChI is InChI=1S/C29H29N3O2/c1-21-22(2)30-34-28(21)32-16-17-33-29(32)25-14-15-27(24-12-8-5-9-13-24)26(18-25)20-31(3)19-23-10-6-4-7-11-23/h4-18,29H,19-20H2,1-3H3. The van der Waals surface area contributed by atoms with Gasteiger partial charge < -0.3 is 9.26 Å². The first-order chi connectivity index (χ1) is 16.6. The van der Waals surface area contributed by atoms with Crippen molar-refractivity contribution in [3.63, 3.8) is 0 Å². The van der Waals surface area contributed by atoms with E-state index in [1.807, 2.05) is 24.9 Å². The third-order valence-electron chi connectivity index (χ3n) is 6.28. The van der Waals surface area contributed by atoms with Crippen molar-refractivity contribution in [3.05, 3.63) is 119 Å². The average molecular weight is 452 g/mol. The van der Waals surface area contributed by atoms with Crippen LogP contribution in [0.1, 0.15) is 34.2 Å². The van der Waals surface area contributed by atoms with E-state index in [-0.39, 0.29) is 6.23 Å². The Morgan fingerprint density at radius 1 is 0.912 bits per heavy atom. The molecule has 0 amide bonds. The van der Waals surface area contributed by atoms with Gasteiger partial charge in [-0.05, 0) is 49.2 Å². The molecule has 2 heterocycles. The van der Waals surface area contributed by atoms with Gasteiger partial charge in [0.1, 0.15) is 6.26 Å². The molecule has 1 unspecified atom stereocenters. The highest BCUT2D eigenvalue weighted by Gasteiger charge is 2.29. The van der Waals surface area contributed by atoms with Crippen LogP contribution in [0.3, 0.4) is 0 Å². The summed E-state index contributed by atoms with van der Waals surface area (Å²) in [7, 11) is 2.16. The Bertz CT molecular complexity index is 1280. The van der Waals surface area contributed by atoms with Gasteiger partial charge in [0.25, 0.3) is 0 Å². The normalized spacial score (nSPS) is 15.2. The zero-order chi connectivity index (χ0) is 23.5. The van der Waals surface area contributed by atoms with Crippen LogP contribution >= 0.6 is 0 Å². The molecule has 0 aliphatic carbocycles. The maximum atomic E-state index is 6.02. The summed E-state index contributed by atoms with van der Waals surface area (Å²) in [6.07, 6.45) is 3.33. The van der Waals surface area contributed by atoms with Gasteiger partial charge in [-0.25, -0.2) is 0 Å². The molecule has 34 heavy (non-hydrogen) atoms. The summed E-state index contributed by atoms with van der Waals surface area (Å²) in [4.78, 5) is 4.35. The summed E-state index contributed by atoms with van der Waals surface area (Å²) >= 11 is 0. The quantitative estimate of drug-likeness (QED) is 0.317. The first-order valence-electron chi connectivity index (χ1n) is 11.5. The van der Waals surface area contributed by atoms with Crippen LogP contribution in [-0.2, 0) is 17.8 Å². The second kappa shape index (κ2) is 9.57. The lowest BCUT2D eigenvalue weighted by molar-refractivity contribution is 0.169. The van der Waals surface area contributed by atoms with Crippen molar-refractivity contribution in [2.75, 3.05) is 11.9 Å². The topological polar surface area (TPSA) is 41.7 Å². The van der Waals surface area contributed by atoms with E-state index in [1.54, 1.807) is 6.26 Å². The fourth-order valence-corrected chi connectivity index (χ4v) is 4.42. The molecule has 172 valence electrons.